The highest BCUT2D eigenvalue weighted by Crippen LogP contribution is 2.57. The minimum absolute atomic E-state index is 0.208. The van der Waals surface area contributed by atoms with Gasteiger partial charge >= 0.3 is 5.97 Å². The molecule has 0 bridgehead atoms. The van der Waals surface area contributed by atoms with Gasteiger partial charge in [-0.15, -0.1) is 0 Å². The van der Waals surface area contributed by atoms with Crippen LogP contribution in [0.3, 0.4) is 0 Å². The largest absolute Gasteiger partial charge is 0.467 e. The Morgan fingerprint density at radius 3 is 2.16 bits per heavy atom. The van der Waals surface area contributed by atoms with Gasteiger partial charge in [0.15, 0.2) is 0 Å². The molecule has 0 amide bonds. The molecule has 32 heavy (non-hydrogen) atoms. The van der Waals surface area contributed by atoms with Crippen molar-refractivity contribution in [2.45, 2.75) is 23.7 Å². The van der Waals surface area contributed by atoms with E-state index >= 15 is 0 Å². The van der Waals surface area contributed by atoms with Crippen molar-refractivity contribution >= 4 is 16.7 Å². The summed E-state index contributed by atoms with van der Waals surface area (Å²) >= 11 is 0. The van der Waals surface area contributed by atoms with Gasteiger partial charge in [-0.1, -0.05) is 97.1 Å². The average molecular weight is 424 g/mol. The third kappa shape index (κ3) is 3.03. The number of benzene rings is 4. The minimum Gasteiger partial charge on any atom is -0.467 e. The van der Waals surface area contributed by atoms with Gasteiger partial charge in [0.05, 0.1) is 13.2 Å². The van der Waals surface area contributed by atoms with E-state index in [1.54, 1.807) is 12.1 Å². The maximum atomic E-state index is 13.5. The fraction of sp³-hybridized carbons (Fsp3) is 0.179. The van der Waals surface area contributed by atoms with Crippen molar-refractivity contribution in [1.82, 2.24) is 0 Å². The Hall–Kier alpha value is -3.47. The Labute approximate surface area is 187 Å². The van der Waals surface area contributed by atoms with Crippen molar-refractivity contribution in [1.29, 1.82) is 0 Å². The van der Waals surface area contributed by atoms with Crippen LogP contribution in [0, 0.1) is 0 Å². The van der Waals surface area contributed by atoms with Crippen LogP contribution >= 0.6 is 0 Å². The van der Waals surface area contributed by atoms with E-state index in [0.717, 1.165) is 16.3 Å². The molecule has 0 saturated carbocycles. The molecule has 0 spiro atoms. The van der Waals surface area contributed by atoms with Gasteiger partial charge in [-0.2, -0.15) is 0 Å². The third-order valence-corrected chi connectivity index (χ3v) is 6.43. The van der Waals surface area contributed by atoms with E-state index in [9.17, 15) is 9.90 Å². The zero-order valence-corrected chi connectivity index (χ0v) is 17.8. The lowest BCUT2D eigenvalue weighted by molar-refractivity contribution is -0.195. The van der Waals surface area contributed by atoms with Crippen LogP contribution < -0.4 is 0 Å². The van der Waals surface area contributed by atoms with E-state index in [0.29, 0.717) is 11.1 Å². The number of fused-ring (bicyclic) bond motifs is 1. The highest BCUT2D eigenvalue weighted by Gasteiger charge is 2.66. The van der Waals surface area contributed by atoms with Crippen molar-refractivity contribution < 1.29 is 19.4 Å². The second-order valence-electron chi connectivity index (χ2n) is 8.18. The fourth-order valence-corrected chi connectivity index (χ4v) is 4.84. The fourth-order valence-electron chi connectivity index (χ4n) is 4.84. The monoisotopic (exact) mass is 424 g/mol. The van der Waals surface area contributed by atoms with Gasteiger partial charge in [-0.25, -0.2) is 4.79 Å². The second-order valence-corrected chi connectivity index (χ2v) is 8.18. The predicted molar refractivity (Wildman–Crippen MR) is 123 cm³/mol. The smallest absolute Gasteiger partial charge is 0.346 e. The molecule has 4 aromatic carbocycles. The number of methoxy groups -OCH3 is 1. The molecule has 4 heteroatoms. The lowest BCUT2D eigenvalue weighted by Crippen LogP contribution is -2.52. The maximum absolute atomic E-state index is 13.5. The van der Waals surface area contributed by atoms with E-state index < -0.39 is 23.3 Å². The Bertz CT molecular complexity index is 1250. The summed E-state index contributed by atoms with van der Waals surface area (Å²) in [6.07, 6.45) is -0.286. The first-order valence-corrected chi connectivity index (χ1v) is 10.7. The molecule has 0 radical (unpaired) electrons. The number of hydrogen-bond acceptors (Lipinski definition) is 4. The molecule has 5 rings (SSSR count). The summed E-state index contributed by atoms with van der Waals surface area (Å²) in [6, 6.07) is 32.5. The van der Waals surface area contributed by atoms with Gasteiger partial charge in [0.2, 0.25) is 5.60 Å². The molecular formula is C28H24O4. The first-order valence-electron chi connectivity index (χ1n) is 10.7. The van der Waals surface area contributed by atoms with Crippen molar-refractivity contribution in [3.8, 4) is 0 Å². The summed E-state index contributed by atoms with van der Waals surface area (Å²) < 4.78 is 11.8. The number of ether oxygens (including phenoxy) is 2. The topological polar surface area (TPSA) is 55.8 Å². The van der Waals surface area contributed by atoms with Gasteiger partial charge < -0.3 is 14.6 Å². The van der Waals surface area contributed by atoms with Crippen molar-refractivity contribution in [3.63, 3.8) is 0 Å². The average Bonchev–Trinajstić information content (AvgIpc) is 3.19. The first kappa shape index (κ1) is 20.4. The van der Waals surface area contributed by atoms with Crippen LogP contribution in [0.5, 0.6) is 0 Å². The molecule has 1 N–H and O–H groups in total. The van der Waals surface area contributed by atoms with E-state index in [1.165, 1.54) is 7.11 Å². The van der Waals surface area contributed by atoms with Crippen LogP contribution in [-0.4, -0.2) is 18.2 Å². The SMILES string of the molecule is COC(=O)[C@@]1(c2ccccc2)O[C@H](c2ccccc2)C[C@]1(O)c1ccc2ccccc2c1. The van der Waals surface area contributed by atoms with Gasteiger partial charge in [-0.05, 0) is 33.5 Å². The number of rotatable bonds is 4. The Morgan fingerprint density at radius 2 is 1.47 bits per heavy atom. The molecule has 0 unspecified atom stereocenters. The number of carbonyl (C=O) groups excluding carboxylic acids is 1. The standard InChI is InChI=1S/C28H24O4/c1-31-26(29)28(23-14-6-3-7-15-23)27(30,19-25(32-28)21-11-4-2-5-12-21)24-17-16-20-10-8-9-13-22(20)18-24/h2-18,25,30H,19H2,1H3/t25-,27-,28+/m0/s1. The lowest BCUT2D eigenvalue weighted by atomic mass is 9.72. The highest BCUT2D eigenvalue weighted by atomic mass is 16.6. The molecule has 0 aromatic heterocycles. The van der Waals surface area contributed by atoms with Crippen LogP contribution in [0.4, 0.5) is 0 Å². The molecule has 3 atom stereocenters. The molecule has 1 saturated heterocycles. The van der Waals surface area contributed by atoms with E-state index in [-0.39, 0.29) is 6.42 Å². The molecule has 1 fully saturated rings. The Kier molecular flexibility index (Phi) is 5.04. The quantitative estimate of drug-likeness (QED) is 0.454. The van der Waals surface area contributed by atoms with Crippen LogP contribution in [0.25, 0.3) is 10.8 Å². The Balaban J connectivity index is 1.76. The molecule has 1 aliphatic heterocycles. The maximum Gasteiger partial charge on any atom is 0.346 e. The van der Waals surface area contributed by atoms with Gasteiger partial charge in [-0.3, -0.25) is 0 Å². The molecule has 1 aliphatic rings. The number of aliphatic hydroxyl groups is 1. The summed E-state index contributed by atoms with van der Waals surface area (Å²) in [5, 5.41) is 14.4. The lowest BCUT2D eigenvalue weighted by Gasteiger charge is -2.39. The van der Waals surface area contributed by atoms with Gasteiger partial charge in [0.1, 0.15) is 5.60 Å². The van der Waals surface area contributed by atoms with Gasteiger partial charge in [0.25, 0.3) is 0 Å². The second kappa shape index (κ2) is 7.90. The molecule has 4 aromatic rings. The Morgan fingerprint density at radius 1 is 0.844 bits per heavy atom. The van der Waals surface area contributed by atoms with Crippen molar-refractivity contribution in [3.05, 3.63) is 120 Å². The molecule has 4 nitrogen and oxygen atoms in total. The summed E-state index contributed by atoms with van der Waals surface area (Å²) in [5.41, 5.74) is -1.30. The van der Waals surface area contributed by atoms with Crippen LogP contribution in [-0.2, 0) is 25.5 Å². The number of hydrogen-bond donors (Lipinski definition) is 1. The molecule has 1 heterocycles. The normalized spacial score (nSPS) is 25.0. The third-order valence-electron chi connectivity index (χ3n) is 6.43. The number of carbonyl (C=O) groups is 1. The summed E-state index contributed by atoms with van der Waals surface area (Å²) in [4.78, 5) is 13.5. The minimum atomic E-state index is -1.72. The zero-order valence-electron chi connectivity index (χ0n) is 17.8. The van der Waals surface area contributed by atoms with E-state index in [4.69, 9.17) is 9.47 Å². The summed E-state index contributed by atoms with van der Waals surface area (Å²) in [5.74, 6) is -0.627. The molecular weight excluding hydrogens is 400 g/mol. The van der Waals surface area contributed by atoms with Crippen molar-refractivity contribution in [2.24, 2.45) is 0 Å². The van der Waals surface area contributed by atoms with E-state index in [2.05, 4.69) is 0 Å². The van der Waals surface area contributed by atoms with Gasteiger partial charge in [0, 0.05) is 6.42 Å². The highest BCUT2D eigenvalue weighted by molar-refractivity contribution is 5.86. The molecule has 0 aliphatic carbocycles. The number of esters is 1. The van der Waals surface area contributed by atoms with E-state index in [1.807, 2.05) is 91.0 Å². The predicted octanol–water partition coefficient (Wildman–Crippen LogP) is 5.26. The summed E-state index contributed by atoms with van der Waals surface area (Å²) in [6.45, 7) is 0. The molecule has 160 valence electrons. The zero-order chi connectivity index (χ0) is 22.2. The van der Waals surface area contributed by atoms with Crippen LogP contribution in [0.2, 0.25) is 0 Å². The van der Waals surface area contributed by atoms with Crippen LogP contribution in [0.1, 0.15) is 29.2 Å². The van der Waals surface area contributed by atoms with Crippen molar-refractivity contribution in [2.75, 3.05) is 7.11 Å². The first-order chi connectivity index (χ1) is 15.6. The summed E-state index contributed by atoms with van der Waals surface area (Å²) in [7, 11) is 1.33. The van der Waals surface area contributed by atoms with Crippen LogP contribution in [0.15, 0.2) is 103 Å².